The molecule has 0 amide bonds. The van der Waals surface area contributed by atoms with Gasteiger partial charge in [-0.3, -0.25) is 0 Å². The van der Waals surface area contributed by atoms with Crippen LogP contribution < -0.4 is 0 Å². The molecule has 0 radical (unpaired) electrons. The maximum absolute atomic E-state index is 4.39. The van der Waals surface area contributed by atoms with E-state index in [-0.39, 0.29) is 0 Å². The molecule has 0 N–H and O–H groups in total. The molecule has 84 valence electrons. The summed E-state index contributed by atoms with van der Waals surface area (Å²) in [5.74, 6) is 0. The fourth-order valence-corrected chi connectivity index (χ4v) is 2.36. The Balaban J connectivity index is 2.03. The minimum atomic E-state index is 0.835. The van der Waals surface area contributed by atoms with Gasteiger partial charge in [-0.2, -0.15) is 0 Å². The lowest BCUT2D eigenvalue weighted by Crippen LogP contribution is -1.98. The smallest absolute Gasteiger partial charge is 0.0961 e. The molecule has 3 heteroatoms. The number of benzene rings is 2. The minimum Gasteiger partial charge on any atom is -0.326 e. The van der Waals surface area contributed by atoms with Crippen LogP contribution in [0.5, 0.6) is 0 Å². The van der Waals surface area contributed by atoms with E-state index in [1.165, 1.54) is 11.1 Å². The first kappa shape index (κ1) is 10.5. The Kier molecular flexibility index (Phi) is 2.69. The second-order valence-electron chi connectivity index (χ2n) is 3.95. The van der Waals surface area contributed by atoms with Crippen molar-refractivity contribution < 1.29 is 0 Å². The van der Waals surface area contributed by atoms with E-state index in [1.807, 2.05) is 30.6 Å². The van der Waals surface area contributed by atoms with Gasteiger partial charge in [0.05, 0.1) is 23.9 Å². The number of nitrogens with zero attached hydrogens (tertiary/aromatic N) is 2. The Morgan fingerprint density at radius 1 is 1.00 bits per heavy atom. The van der Waals surface area contributed by atoms with Crippen molar-refractivity contribution in [2.75, 3.05) is 0 Å². The molecule has 0 saturated heterocycles. The number of hydrogen-bond donors (Lipinski definition) is 0. The molecule has 2 nitrogen and oxygen atoms in total. The number of halogens is 1. The molecule has 3 aromatic rings. The van der Waals surface area contributed by atoms with Gasteiger partial charge >= 0.3 is 0 Å². The van der Waals surface area contributed by atoms with E-state index in [1.54, 1.807) is 0 Å². The SMILES string of the molecule is Brc1ccccc1Cn1cnc2ccccc21. The first-order valence-electron chi connectivity index (χ1n) is 5.48. The van der Waals surface area contributed by atoms with Crippen LogP contribution in [-0.4, -0.2) is 9.55 Å². The number of rotatable bonds is 2. The summed E-state index contributed by atoms with van der Waals surface area (Å²) in [4.78, 5) is 4.39. The summed E-state index contributed by atoms with van der Waals surface area (Å²) in [7, 11) is 0. The molecule has 1 aromatic heterocycles. The second kappa shape index (κ2) is 4.34. The lowest BCUT2D eigenvalue weighted by molar-refractivity contribution is 0.821. The van der Waals surface area contributed by atoms with Crippen molar-refractivity contribution >= 4 is 27.0 Å². The van der Waals surface area contributed by atoms with Crippen LogP contribution in [-0.2, 0) is 6.54 Å². The van der Waals surface area contributed by atoms with Crippen LogP contribution in [0.4, 0.5) is 0 Å². The number of fused-ring (bicyclic) bond motifs is 1. The molecule has 0 unspecified atom stereocenters. The van der Waals surface area contributed by atoms with Crippen molar-refractivity contribution in [2.24, 2.45) is 0 Å². The van der Waals surface area contributed by atoms with E-state index in [0.29, 0.717) is 0 Å². The Bertz CT molecular complexity index is 658. The van der Waals surface area contributed by atoms with Crippen LogP contribution in [0.25, 0.3) is 11.0 Å². The van der Waals surface area contributed by atoms with Gasteiger partial charge in [-0.15, -0.1) is 0 Å². The molecular formula is C14H11BrN2. The summed E-state index contributed by atoms with van der Waals surface area (Å²) in [6.07, 6.45) is 1.89. The minimum absolute atomic E-state index is 0.835. The van der Waals surface area contributed by atoms with Gasteiger partial charge in [0, 0.05) is 4.47 Å². The highest BCUT2D eigenvalue weighted by Crippen LogP contribution is 2.19. The van der Waals surface area contributed by atoms with E-state index in [0.717, 1.165) is 16.5 Å². The van der Waals surface area contributed by atoms with Crippen LogP contribution in [0.2, 0.25) is 0 Å². The summed E-state index contributed by atoms with van der Waals surface area (Å²) in [6, 6.07) is 16.5. The fourth-order valence-electron chi connectivity index (χ4n) is 1.95. The molecule has 0 atom stereocenters. The quantitative estimate of drug-likeness (QED) is 0.700. The maximum Gasteiger partial charge on any atom is 0.0961 e. The largest absolute Gasteiger partial charge is 0.326 e. The van der Waals surface area contributed by atoms with Gasteiger partial charge in [-0.1, -0.05) is 46.3 Å². The van der Waals surface area contributed by atoms with Crippen LogP contribution in [0.15, 0.2) is 59.3 Å². The summed E-state index contributed by atoms with van der Waals surface area (Å²) in [5.41, 5.74) is 3.47. The number of aromatic nitrogens is 2. The highest BCUT2D eigenvalue weighted by molar-refractivity contribution is 9.10. The first-order valence-corrected chi connectivity index (χ1v) is 6.27. The van der Waals surface area contributed by atoms with E-state index in [4.69, 9.17) is 0 Å². The second-order valence-corrected chi connectivity index (χ2v) is 4.81. The zero-order valence-electron chi connectivity index (χ0n) is 9.18. The highest BCUT2D eigenvalue weighted by atomic mass is 79.9. The van der Waals surface area contributed by atoms with Gasteiger partial charge in [0.15, 0.2) is 0 Å². The predicted octanol–water partition coefficient (Wildman–Crippen LogP) is 3.85. The third-order valence-electron chi connectivity index (χ3n) is 2.83. The van der Waals surface area contributed by atoms with E-state index < -0.39 is 0 Å². The summed E-state index contributed by atoms with van der Waals surface area (Å²) < 4.78 is 3.30. The van der Waals surface area contributed by atoms with E-state index in [2.05, 4.69) is 49.7 Å². The molecule has 0 fully saturated rings. The molecule has 0 aliphatic rings. The van der Waals surface area contributed by atoms with Gasteiger partial charge in [0.25, 0.3) is 0 Å². The van der Waals surface area contributed by atoms with Gasteiger partial charge < -0.3 is 4.57 Å². The standard InChI is InChI=1S/C14H11BrN2/c15-12-6-2-1-5-11(12)9-17-10-16-13-7-3-4-8-14(13)17/h1-8,10H,9H2. The maximum atomic E-state index is 4.39. The molecule has 17 heavy (non-hydrogen) atoms. The van der Waals surface area contributed by atoms with Gasteiger partial charge in [-0.05, 0) is 23.8 Å². The summed E-state index contributed by atoms with van der Waals surface area (Å²) in [6.45, 7) is 0.835. The van der Waals surface area contributed by atoms with Gasteiger partial charge in [0.1, 0.15) is 0 Å². The van der Waals surface area contributed by atoms with Crippen LogP contribution in [0.1, 0.15) is 5.56 Å². The molecule has 0 aliphatic heterocycles. The Labute approximate surface area is 108 Å². The Morgan fingerprint density at radius 2 is 1.76 bits per heavy atom. The number of para-hydroxylation sites is 2. The topological polar surface area (TPSA) is 17.8 Å². The average Bonchev–Trinajstić information content (AvgIpc) is 2.76. The van der Waals surface area contributed by atoms with Crippen LogP contribution in [0, 0.1) is 0 Å². The normalized spacial score (nSPS) is 10.9. The van der Waals surface area contributed by atoms with E-state index >= 15 is 0 Å². The highest BCUT2D eigenvalue weighted by Gasteiger charge is 2.04. The van der Waals surface area contributed by atoms with Crippen molar-refractivity contribution in [2.45, 2.75) is 6.54 Å². The molecule has 0 bridgehead atoms. The lowest BCUT2D eigenvalue weighted by Gasteiger charge is -2.06. The van der Waals surface area contributed by atoms with Gasteiger partial charge in [-0.25, -0.2) is 4.98 Å². The van der Waals surface area contributed by atoms with Crippen molar-refractivity contribution in [1.29, 1.82) is 0 Å². The average molecular weight is 287 g/mol. The number of hydrogen-bond acceptors (Lipinski definition) is 1. The molecular weight excluding hydrogens is 276 g/mol. The molecule has 0 saturated carbocycles. The lowest BCUT2D eigenvalue weighted by atomic mass is 10.2. The van der Waals surface area contributed by atoms with Gasteiger partial charge in [0.2, 0.25) is 0 Å². The first-order chi connectivity index (χ1) is 8.34. The van der Waals surface area contributed by atoms with Crippen LogP contribution >= 0.6 is 15.9 Å². The Morgan fingerprint density at radius 3 is 2.65 bits per heavy atom. The molecule has 1 heterocycles. The summed E-state index contributed by atoms with van der Waals surface area (Å²) >= 11 is 3.57. The van der Waals surface area contributed by atoms with Crippen LogP contribution in [0.3, 0.4) is 0 Å². The monoisotopic (exact) mass is 286 g/mol. The fraction of sp³-hybridized carbons (Fsp3) is 0.0714. The molecule has 2 aromatic carbocycles. The summed E-state index contributed by atoms with van der Waals surface area (Å²) in [5, 5.41) is 0. The molecule has 0 spiro atoms. The molecule has 0 aliphatic carbocycles. The third-order valence-corrected chi connectivity index (χ3v) is 3.60. The van der Waals surface area contributed by atoms with Crippen molar-refractivity contribution in [3.8, 4) is 0 Å². The van der Waals surface area contributed by atoms with E-state index in [9.17, 15) is 0 Å². The Hall–Kier alpha value is -1.61. The molecule has 3 rings (SSSR count). The predicted molar refractivity (Wildman–Crippen MR) is 73.0 cm³/mol. The third kappa shape index (κ3) is 1.98. The zero-order chi connectivity index (χ0) is 11.7. The van der Waals surface area contributed by atoms with Crippen molar-refractivity contribution in [3.05, 3.63) is 64.9 Å². The van der Waals surface area contributed by atoms with Crippen molar-refractivity contribution in [1.82, 2.24) is 9.55 Å². The van der Waals surface area contributed by atoms with Crippen molar-refractivity contribution in [3.63, 3.8) is 0 Å². The number of imidazole rings is 1. The zero-order valence-corrected chi connectivity index (χ0v) is 10.8.